The minimum atomic E-state index is -4.77. The summed E-state index contributed by atoms with van der Waals surface area (Å²) in [6, 6.07) is 5.22. The third-order valence-electron chi connectivity index (χ3n) is 6.78. The first-order chi connectivity index (χ1) is 16.4. The van der Waals surface area contributed by atoms with Crippen LogP contribution < -0.4 is 45.5 Å². The van der Waals surface area contributed by atoms with E-state index in [1.165, 1.54) is 0 Å². The van der Waals surface area contributed by atoms with Gasteiger partial charge in [0.25, 0.3) is 13.7 Å². The van der Waals surface area contributed by atoms with Crippen molar-refractivity contribution in [2.75, 3.05) is 5.32 Å². The van der Waals surface area contributed by atoms with Crippen LogP contribution in [0.25, 0.3) is 5.69 Å². The number of hydrogen-bond donors (Lipinski definition) is 3. The molecule has 0 radical (unpaired) electrons. The molecular weight excluding hydrogens is 494 g/mol. The van der Waals surface area contributed by atoms with Crippen molar-refractivity contribution in [2.24, 2.45) is 11.1 Å². The number of phosphoric acid groups is 1. The number of nitrogens with one attached hydrogen (secondary N) is 1. The molecule has 2 aliphatic rings. The molecule has 1 amide bonds. The van der Waals surface area contributed by atoms with Crippen molar-refractivity contribution in [1.29, 1.82) is 0 Å². The van der Waals surface area contributed by atoms with Crippen LogP contribution in [0.2, 0.25) is 0 Å². The minimum absolute atomic E-state index is 0. The van der Waals surface area contributed by atoms with Gasteiger partial charge in [0.15, 0.2) is 5.78 Å². The van der Waals surface area contributed by atoms with Gasteiger partial charge in [0.1, 0.15) is 0 Å². The maximum absolute atomic E-state index is 12.9. The first kappa shape index (κ1) is 29.0. The van der Waals surface area contributed by atoms with E-state index in [-0.39, 0.29) is 46.8 Å². The Morgan fingerprint density at radius 2 is 1.97 bits per heavy atom. The zero-order valence-electron chi connectivity index (χ0n) is 21.2. The standard InChI is InChI=1S/C24H33N4O6P.Na/c1-4-18-22-20(12-24(2,3)13-21(22)29)28(27-18)15-7-10-17(23(25)30)19(11-15)26-14-5-8-16(9-6-14)34-35(31,32)33;/h7,10-11,14,16,26H,4-6,8-9,12-13H2,1-3H3,(H2,25,30)(H2,31,32,33);/q;+1/p-1. The topological polar surface area (TPSA) is 160 Å². The van der Waals surface area contributed by atoms with Gasteiger partial charge in [-0.25, -0.2) is 4.68 Å². The van der Waals surface area contributed by atoms with Gasteiger partial charge in [-0.1, -0.05) is 20.8 Å². The number of hydrogen-bond acceptors (Lipinski definition) is 7. The molecule has 4 N–H and O–H groups in total. The predicted octanol–water partition coefficient (Wildman–Crippen LogP) is -0.107. The zero-order valence-corrected chi connectivity index (χ0v) is 24.1. The van der Waals surface area contributed by atoms with Crippen molar-refractivity contribution in [3.8, 4) is 5.69 Å². The second-order valence-electron chi connectivity index (χ2n) is 10.3. The van der Waals surface area contributed by atoms with Crippen LogP contribution >= 0.6 is 7.82 Å². The first-order valence-corrected chi connectivity index (χ1v) is 13.4. The Hall–Kier alpha value is -1.52. The average molecular weight is 527 g/mol. The third kappa shape index (κ3) is 6.48. The molecule has 1 aromatic carbocycles. The predicted molar refractivity (Wildman–Crippen MR) is 128 cm³/mol. The number of rotatable bonds is 7. The summed E-state index contributed by atoms with van der Waals surface area (Å²) < 4.78 is 17.5. The van der Waals surface area contributed by atoms with E-state index in [1.54, 1.807) is 16.8 Å². The van der Waals surface area contributed by atoms with Crippen molar-refractivity contribution < 1.29 is 58.0 Å². The van der Waals surface area contributed by atoms with E-state index in [1.807, 2.05) is 13.0 Å². The molecule has 1 aromatic heterocycles. The monoisotopic (exact) mass is 526 g/mol. The number of nitrogens with two attached hydrogens (primary N) is 1. The fraction of sp³-hybridized carbons (Fsp3) is 0.542. The van der Waals surface area contributed by atoms with Gasteiger partial charge in [-0.15, -0.1) is 0 Å². The molecule has 4 rings (SSSR count). The van der Waals surface area contributed by atoms with Crippen LogP contribution in [0, 0.1) is 5.41 Å². The Kier molecular flexibility index (Phi) is 8.93. The van der Waals surface area contributed by atoms with E-state index < -0.39 is 19.8 Å². The van der Waals surface area contributed by atoms with Crippen LogP contribution in [0.4, 0.5) is 5.69 Å². The summed E-state index contributed by atoms with van der Waals surface area (Å²) in [4.78, 5) is 45.0. The SMILES string of the molecule is CCc1nn(-c2ccc(C(N)=O)c(NC3CCC(OP(=O)([O-])O)CC3)c2)c2c1C(=O)CC(C)(C)C2.[Na+]. The summed E-state index contributed by atoms with van der Waals surface area (Å²) in [6.45, 7) is 6.12. The van der Waals surface area contributed by atoms with Crippen LogP contribution in [0.5, 0.6) is 0 Å². The van der Waals surface area contributed by atoms with Crippen molar-refractivity contribution in [1.82, 2.24) is 9.78 Å². The number of carbonyl (C=O) groups excluding carboxylic acids is 2. The molecule has 36 heavy (non-hydrogen) atoms. The number of Topliss-reactive ketones (excluding diaryl/α,β-unsaturated/α-hetero) is 1. The number of aromatic nitrogens is 2. The summed E-state index contributed by atoms with van der Waals surface area (Å²) in [5, 5.41) is 8.13. The number of amides is 1. The van der Waals surface area contributed by atoms with Gasteiger partial charge >= 0.3 is 29.6 Å². The van der Waals surface area contributed by atoms with Gasteiger partial charge < -0.3 is 25.4 Å². The Morgan fingerprint density at radius 3 is 2.56 bits per heavy atom. The van der Waals surface area contributed by atoms with Gasteiger partial charge in [0, 0.05) is 18.2 Å². The fourth-order valence-corrected chi connectivity index (χ4v) is 5.80. The van der Waals surface area contributed by atoms with Crippen LogP contribution in [0.1, 0.15) is 85.0 Å². The van der Waals surface area contributed by atoms with Crippen molar-refractivity contribution >= 4 is 25.2 Å². The Balaban J connectivity index is 0.00000361. The number of benzene rings is 1. The molecule has 1 atom stereocenters. The van der Waals surface area contributed by atoms with E-state index in [2.05, 4.69) is 19.2 Å². The van der Waals surface area contributed by atoms with Crippen molar-refractivity contribution in [3.63, 3.8) is 0 Å². The molecule has 0 saturated heterocycles. The Bertz CT molecular complexity index is 1200. The molecule has 1 fully saturated rings. The molecule has 1 heterocycles. The minimum Gasteiger partial charge on any atom is -0.756 e. The van der Waals surface area contributed by atoms with Gasteiger partial charge in [-0.3, -0.25) is 14.2 Å². The first-order valence-electron chi connectivity index (χ1n) is 11.9. The van der Waals surface area contributed by atoms with Gasteiger partial charge in [-0.2, -0.15) is 5.10 Å². The largest absolute Gasteiger partial charge is 1.00 e. The molecule has 1 unspecified atom stereocenters. The fourth-order valence-electron chi connectivity index (χ4n) is 5.21. The second kappa shape index (κ2) is 11.1. The molecule has 2 aliphatic carbocycles. The van der Waals surface area contributed by atoms with Gasteiger partial charge in [-0.05, 0) is 62.1 Å². The number of carbonyl (C=O) groups is 2. The van der Waals surface area contributed by atoms with Crippen LogP contribution in [-0.2, 0) is 21.9 Å². The third-order valence-corrected chi connectivity index (χ3v) is 7.35. The molecule has 1 saturated carbocycles. The number of aryl methyl sites for hydroxylation is 1. The average Bonchev–Trinajstić information content (AvgIpc) is 3.11. The zero-order chi connectivity index (χ0) is 25.5. The molecule has 0 spiro atoms. The van der Waals surface area contributed by atoms with Crippen molar-refractivity contribution in [3.05, 3.63) is 40.7 Å². The van der Waals surface area contributed by atoms with Crippen LogP contribution in [-0.4, -0.2) is 38.5 Å². The number of fused-ring (bicyclic) bond motifs is 1. The quantitative estimate of drug-likeness (QED) is 0.333. The Labute approximate surface area is 232 Å². The van der Waals surface area contributed by atoms with E-state index in [4.69, 9.17) is 20.2 Å². The summed E-state index contributed by atoms with van der Waals surface area (Å²) in [5.41, 5.74) is 9.42. The summed E-state index contributed by atoms with van der Waals surface area (Å²) in [7, 11) is -4.77. The maximum Gasteiger partial charge on any atom is 1.00 e. The normalized spacial score (nSPS) is 22.8. The second-order valence-corrected chi connectivity index (χ2v) is 11.4. The van der Waals surface area contributed by atoms with Crippen LogP contribution in [0.15, 0.2) is 18.2 Å². The van der Waals surface area contributed by atoms with Crippen molar-refractivity contribution in [2.45, 2.75) is 77.9 Å². The summed E-state index contributed by atoms with van der Waals surface area (Å²) in [6.07, 6.45) is 3.34. The molecule has 2 aromatic rings. The molecule has 12 heteroatoms. The number of nitrogens with zero attached hydrogens (tertiary/aromatic N) is 2. The molecule has 0 bridgehead atoms. The summed E-state index contributed by atoms with van der Waals surface area (Å²) >= 11 is 0. The smallest absolute Gasteiger partial charge is 0.756 e. The maximum atomic E-state index is 12.9. The van der Waals surface area contributed by atoms with E-state index in [0.29, 0.717) is 61.8 Å². The molecular formula is C24H32N4NaO6P. The molecule has 10 nitrogen and oxygen atoms in total. The number of anilines is 1. The van der Waals surface area contributed by atoms with Gasteiger partial charge in [0.05, 0.1) is 34.3 Å². The van der Waals surface area contributed by atoms with E-state index in [0.717, 1.165) is 17.1 Å². The van der Waals surface area contributed by atoms with E-state index >= 15 is 0 Å². The van der Waals surface area contributed by atoms with Crippen LogP contribution in [0.3, 0.4) is 0 Å². The van der Waals surface area contributed by atoms with E-state index in [9.17, 15) is 19.0 Å². The van der Waals surface area contributed by atoms with Gasteiger partial charge in [0.2, 0.25) is 0 Å². The Morgan fingerprint density at radius 1 is 1.31 bits per heavy atom. The molecule has 190 valence electrons. The molecule has 0 aliphatic heterocycles. The number of ketones is 1. The number of phosphoric ester groups is 1. The summed E-state index contributed by atoms with van der Waals surface area (Å²) in [5.74, 6) is -0.465. The number of primary amides is 1.